The monoisotopic (exact) mass is 329 g/mol. The first-order valence-electron chi connectivity index (χ1n) is 5.37. The molecule has 0 aliphatic carbocycles. The van der Waals surface area contributed by atoms with Crippen LogP contribution in [0.2, 0.25) is 5.02 Å². The molecular weight excluding hydrogens is 324 g/mol. The van der Waals surface area contributed by atoms with Gasteiger partial charge in [-0.25, -0.2) is 9.67 Å². The lowest BCUT2D eigenvalue weighted by Gasteiger charge is -2.10. The van der Waals surface area contributed by atoms with Gasteiger partial charge in [-0.15, -0.1) is 0 Å². The van der Waals surface area contributed by atoms with Gasteiger partial charge in [0.15, 0.2) is 11.5 Å². The van der Waals surface area contributed by atoms with E-state index in [0.29, 0.717) is 12.3 Å². The van der Waals surface area contributed by atoms with Gasteiger partial charge in [-0.2, -0.15) is 31.4 Å². The Morgan fingerprint density at radius 2 is 1.67 bits per heavy atom. The average molecular weight is 330 g/mol. The molecule has 0 fully saturated rings. The van der Waals surface area contributed by atoms with Crippen LogP contribution in [0.15, 0.2) is 18.3 Å². The Hall–Kier alpha value is -1.77. The molecule has 2 heterocycles. The van der Waals surface area contributed by atoms with Crippen molar-refractivity contribution in [2.24, 2.45) is 0 Å². The third kappa shape index (κ3) is 3.12. The molecule has 3 nitrogen and oxygen atoms in total. The predicted octanol–water partition coefficient (Wildman–Crippen LogP) is 4.27. The summed E-state index contributed by atoms with van der Waals surface area (Å²) < 4.78 is 75.8. The molecule has 0 atom stereocenters. The van der Waals surface area contributed by atoms with Gasteiger partial charge in [0, 0.05) is 11.9 Å². The van der Waals surface area contributed by atoms with Crippen LogP contribution in [0, 0.1) is 6.92 Å². The molecule has 0 unspecified atom stereocenters. The SMILES string of the molecule is Cc1cc(C(F)(F)F)nn1-c1ncc(C(F)(F)F)cc1Cl. The summed E-state index contributed by atoms with van der Waals surface area (Å²) in [4.78, 5) is 3.45. The number of nitrogens with zero attached hydrogens (tertiary/aromatic N) is 3. The summed E-state index contributed by atoms with van der Waals surface area (Å²) >= 11 is 5.66. The molecule has 0 aliphatic heterocycles. The van der Waals surface area contributed by atoms with Crippen molar-refractivity contribution in [3.05, 3.63) is 40.3 Å². The smallest absolute Gasteiger partial charge is 0.235 e. The maximum atomic E-state index is 12.5. The first-order valence-corrected chi connectivity index (χ1v) is 5.75. The number of rotatable bonds is 1. The van der Waals surface area contributed by atoms with Gasteiger partial charge in [0.25, 0.3) is 0 Å². The molecule has 0 spiro atoms. The molecule has 21 heavy (non-hydrogen) atoms. The number of hydrogen-bond donors (Lipinski definition) is 0. The highest BCUT2D eigenvalue weighted by atomic mass is 35.5. The Labute approximate surface area is 119 Å². The zero-order valence-corrected chi connectivity index (χ0v) is 11.0. The summed E-state index contributed by atoms with van der Waals surface area (Å²) in [6.07, 6.45) is -8.84. The van der Waals surface area contributed by atoms with Crippen molar-refractivity contribution in [1.82, 2.24) is 14.8 Å². The molecule has 0 saturated carbocycles. The molecule has 0 aliphatic rings. The van der Waals surface area contributed by atoms with Crippen molar-refractivity contribution in [1.29, 1.82) is 0 Å². The number of hydrogen-bond acceptors (Lipinski definition) is 2. The second-order valence-corrected chi connectivity index (χ2v) is 4.51. The summed E-state index contributed by atoms with van der Waals surface area (Å²) in [5, 5.41) is 2.81. The molecule has 2 aromatic heterocycles. The summed E-state index contributed by atoms with van der Waals surface area (Å²) in [7, 11) is 0. The Morgan fingerprint density at radius 3 is 2.10 bits per heavy atom. The number of aryl methyl sites for hydroxylation is 1. The zero-order chi connectivity index (χ0) is 16.0. The lowest BCUT2D eigenvalue weighted by molar-refractivity contribution is -0.141. The molecule has 0 aromatic carbocycles. The topological polar surface area (TPSA) is 30.7 Å². The van der Waals surface area contributed by atoms with Crippen molar-refractivity contribution in [2.45, 2.75) is 19.3 Å². The van der Waals surface area contributed by atoms with Crippen LogP contribution in [0.1, 0.15) is 17.0 Å². The molecule has 2 rings (SSSR count). The number of aromatic nitrogens is 3. The number of halogens is 7. The molecule has 0 amide bonds. The van der Waals surface area contributed by atoms with E-state index in [4.69, 9.17) is 11.6 Å². The van der Waals surface area contributed by atoms with Crippen LogP contribution in [-0.4, -0.2) is 14.8 Å². The minimum Gasteiger partial charge on any atom is -0.235 e. The minimum absolute atomic E-state index is 0.0384. The first-order chi connectivity index (χ1) is 9.50. The highest BCUT2D eigenvalue weighted by Gasteiger charge is 2.35. The van der Waals surface area contributed by atoms with Gasteiger partial charge in [-0.1, -0.05) is 11.6 Å². The summed E-state index contributed by atoms with van der Waals surface area (Å²) in [5.74, 6) is -0.308. The minimum atomic E-state index is -4.67. The van der Waals surface area contributed by atoms with E-state index in [1.54, 1.807) is 0 Å². The van der Waals surface area contributed by atoms with Crippen LogP contribution in [0.3, 0.4) is 0 Å². The van der Waals surface area contributed by atoms with Crippen LogP contribution < -0.4 is 0 Å². The molecule has 2 aromatic rings. The lowest BCUT2D eigenvalue weighted by atomic mass is 10.3. The van der Waals surface area contributed by atoms with E-state index in [9.17, 15) is 26.3 Å². The second-order valence-electron chi connectivity index (χ2n) is 4.11. The average Bonchev–Trinajstić information content (AvgIpc) is 2.70. The zero-order valence-electron chi connectivity index (χ0n) is 10.2. The largest absolute Gasteiger partial charge is 0.435 e. The Bertz CT molecular complexity index is 674. The van der Waals surface area contributed by atoms with Crippen LogP contribution in [-0.2, 0) is 12.4 Å². The normalized spacial score (nSPS) is 12.8. The third-order valence-electron chi connectivity index (χ3n) is 2.53. The Balaban J connectivity index is 2.51. The van der Waals surface area contributed by atoms with Gasteiger partial charge >= 0.3 is 12.4 Å². The molecule has 0 bridgehead atoms. The van der Waals surface area contributed by atoms with Crippen molar-refractivity contribution in [3.8, 4) is 5.82 Å². The van der Waals surface area contributed by atoms with Gasteiger partial charge in [-0.3, -0.25) is 0 Å². The van der Waals surface area contributed by atoms with Crippen LogP contribution in [0.4, 0.5) is 26.3 Å². The quantitative estimate of drug-likeness (QED) is 0.732. The van der Waals surface area contributed by atoms with Crippen molar-refractivity contribution in [3.63, 3.8) is 0 Å². The summed E-state index contributed by atoms with van der Waals surface area (Å²) in [5.41, 5.74) is -2.24. The van der Waals surface area contributed by atoms with Crippen molar-refractivity contribution < 1.29 is 26.3 Å². The molecule has 0 N–H and O–H groups in total. The summed E-state index contributed by atoms with van der Waals surface area (Å²) in [6.45, 7) is 1.30. The summed E-state index contributed by atoms with van der Waals surface area (Å²) in [6, 6.07) is 1.33. The van der Waals surface area contributed by atoms with Crippen LogP contribution in [0.5, 0.6) is 0 Å². The molecule has 0 saturated heterocycles. The molecule has 10 heteroatoms. The van der Waals surface area contributed by atoms with Gasteiger partial charge in [0.1, 0.15) is 0 Å². The lowest BCUT2D eigenvalue weighted by Crippen LogP contribution is -2.10. The fourth-order valence-electron chi connectivity index (χ4n) is 1.57. The maximum absolute atomic E-state index is 12.5. The van der Waals surface area contributed by atoms with Gasteiger partial charge in [0.2, 0.25) is 0 Å². The third-order valence-corrected chi connectivity index (χ3v) is 2.81. The van der Waals surface area contributed by atoms with E-state index < -0.39 is 28.6 Å². The van der Waals surface area contributed by atoms with Gasteiger partial charge in [0.05, 0.1) is 10.6 Å². The van der Waals surface area contributed by atoms with Crippen LogP contribution >= 0.6 is 11.6 Å². The van der Waals surface area contributed by atoms with Gasteiger partial charge in [-0.05, 0) is 19.1 Å². The fraction of sp³-hybridized carbons (Fsp3) is 0.273. The maximum Gasteiger partial charge on any atom is 0.435 e. The van der Waals surface area contributed by atoms with Crippen LogP contribution in [0.25, 0.3) is 5.82 Å². The molecular formula is C11H6ClF6N3. The number of alkyl halides is 6. The fourth-order valence-corrected chi connectivity index (χ4v) is 1.82. The van der Waals surface area contributed by atoms with E-state index in [-0.39, 0.29) is 11.5 Å². The van der Waals surface area contributed by atoms with E-state index in [1.807, 2.05) is 0 Å². The molecule has 0 radical (unpaired) electrons. The van der Waals surface area contributed by atoms with E-state index in [1.165, 1.54) is 6.92 Å². The predicted molar refractivity (Wildman–Crippen MR) is 61.1 cm³/mol. The second kappa shape index (κ2) is 4.90. The molecule has 114 valence electrons. The highest BCUT2D eigenvalue weighted by Crippen LogP contribution is 2.33. The van der Waals surface area contributed by atoms with Crippen molar-refractivity contribution >= 4 is 11.6 Å². The van der Waals surface area contributed by atoms with Gasteiger partial charge < -0.3 is 0 Å². The van der Waals surface area contributed by atoms with E-state index in [0.717, 1.165) is 10.7 Å². The Morgan fingerprint density at radius 1 is 1.05 bits per heavy atom. The van der Waals surface area contributed by atoms with E-state index >= 15 is 0 Å². The van der Waals surface area contributed by atoms with E-state index in [2.05, 4.69) is 10.1 Å². The first kappa shape index (κ1) is 15.6. The van der Waals surface area contributed by atoms with Crippen molar-refractivity contribution in [2.75, 3.05) is 0 Å². The number of pyridine rings is 1. The standard InChI is InChI=1S/C11H6ClF6N3/c1-5-2-8(11(16,17)18)20-21(5)9-7(12)3-6(4-19-9)10(13,14)15/h2-4H,1H3. The highest BCUT2D eigenvalue weighted by molar-refractivity contribution is 6.32. The Kier molecular flexibility index (Phi) is 3.64.